The monoisotopic (exact) mass is 496 g/mol. The van der Waals surface area contributed by atoms with Gasteiger partial charge in [-0.3, -0.25) is 9.20 Å². The molecule has 0 spiro atoms. The second kappa shape index (κ2) is 8.08. The van der Waals surface area contributed by atoms with Crippen LogP contribution in [0.5, 0.6) is 0 Å². The Hall–Kier alpha value is -3.73. The lowest BCUT2D eigenvalue weighted by molar-refractivity contribution is 0.0804. The van der Waals surface area contributed by atoms with Crippen LogP contribution >= 0.6 is 15.9 Å². The van der Waals surface area contributed by atoms with E-state index in [1.54, 1.807) is 27.6 Å². The van der Waals surface area contributed by atoms with E-state index >= 15 is 0 Å². The number of aromatic nitrogens is 4. The fourth-order valence-electron chi connectivity index (χ4n) is 3.48. The van der Waals surface area contributed by atoms with E-state index in [4.69, 9.17) is 9.26 Å². The van der Waals surface area contributed by atoms with Crippen molar-refractivity contribution in [2.45, 2.75) is 5.92 Å². The number of carbonyl (C=O) groups excluding carboxylic acids is 2. The Morgan fingerprint density at radius 2 is 2.09 bits per heavy atom. The van der Waals surface area contributed by atoms with Crippen molar-refractivity contribution in [2.24, 2.45) is 0 Å². The number of methoxy groups -OCH3 is 1. The van der Waals surface area contributed by atoms with Crippen molar-refractivity contribution < 1.29 is 18.8 Å². The lowest BCUT2D eigenvalue weighted by atomic mass is 10.0. The normalized spacial score (nSPS) is 13.8. The van der Waals surface area contributed by atoms with Gasteiger partial charge in [0.05, 0.1) is 24.9 Å². The first kappa shape index (κ1) is 20.2. The number of likely N-dealkylation sites (tertiary alicyclic amines) is 1. The molecule has 162 valence electrons. The number of pyridine rings is 1. The molecular formula is C21H17BrN6O4. The van der Waals surface area contributed by atoms with E-state index in [2.05, 4.69) is 36.4 Å². The molecule has 0 unspecified atom stereocenters. The maximum atomic E-state index is 12.9. The number of nitrogens with zero attached hydrogens (tertiary/aromatic N) is 5. The molecule has 0 bridgehead atoms. The number of nitrogens with one attached hydrogen (secondary N) is 1. The summed E-state index contributed by atoms with van der Waals surface area (Å²) in [6, 6.07) is 10.9. The molecule has 1 N–H and O–H groups in total. The van der Waals surface area contributed by atoms with Crippen molar-refractivity contribution in [3.05, 3.63) is 64.8 Å². The SMILES string of the molecule is COC(=O)N1CC(c2nc(-c3ccc(Br)c(NC(=O)c4cnc5ccccn45)c3)no2)C1. The van der Waals surface area contributed by atoms with E-state index in [1.165, 1.54) is 13.3 Å². The summed E-state index contributed by atoms with van der Waals surface area (Å²) in [5, 5.41) is 6.96. The van der Waals surface area contributed by atoms with Crippen LogP contribution in [0.4, 0.5) is 10.5 Å². The molecule has 32 heavy (non-hydrogen) atoms. The van der Waals surface area contributed by atoms with Crippen LogP contribution in [-0.4, -0.2) is 56.6 Å². The van der Waals surface area contributed by atoms with Gasteiger partial charge in [-0.25, -0.2) is 9.78 Å². The molecule has 0 aliphatic carbocycles. The van der Waals surface area contributed by atoms with Crippen LogP contribution < -0.4 is 5.32 Å². The quantitative estimate of drug-likeness (QED) is 0.459. The number of amides is 2. The Bertz CT molecular complexity index is 1330. The van der Waals surface area contributed by atoms with E-state index in [-0.39, 0.29) is 17.9 Å². The molecule has 5 rings (SSSR count). The summed E-state index contributed by atoms with van der Waals surface area (Å²) in [5.41, 5.74) is 2.34. The minimum atomic E-state index is -0.375. The Morgan fingerprint density at radius 3 is 2.91 bits per heavy atom. The number of rotatable bonds is 4. The third-order valence-corrected chi connectivity index (χ3v) is 5.92. The molecule has 11 heteroatoms. The van der Waals surface area contributed by atoms with Crippen LogP contribution in [0.3, 0.4) is 0 Å². The summed E-state index contributed by atoms with van der Waals surface area (Å²) in [4.78, 5) is 34.6. The maximum Gasteiger partial charge on any atom is 0.409 e. The van der Waals surface area contributed by atoms with E-state index < -0.39 is 0 Å². The second-order valence-electron chi connectivity index (χ2n) is 7.25. The molecule has 1 aromatic carbocycles. The molecule has 10 nitrogen and oxygen atoms in total. The fourth-order valence-corrected chi connectivity index (χ4v) is 3.82. The van der Waals surface area contributed by atoms with Gasteiger partial charge < -0.3 is 19.5 Å². The first-order valence-corrected chi connectivity index (χ1v) is 10.5. The zero-order valence-electron chi connectivity index (χ0n) is 16.9. The molecule has 0 saturated carbocycles. The number of anilines is 1. The first-order valence-electron chi connectivity index (χ1n) is 9.73. The molecular weight excluding hydrogens is 480 g/mol. The van der Waals surface area contributed by atoms with Crippen LogP contribution in [0.25, 0.3) is 17.0 Å². The van der Waals surface area contributed by atoms with Gasteiger partial charge in [0.2, 0.25) is 11.7 Å². The first-order chi connectivity index (χ1) is 15.5. The van der Waals surface area contributed by atoms with Crippen molar-refractivity contribution in [3.8, 4) is 11.4 Å². The molecule has 0 radical (unpaired) electrons. The van der Waals surface area contributed by atoms with E-state index in [0.717, 1.165) is 0 Å². The highest BCUT2D eigenvalue weighted by Crippen LogP contribution is 2.31. The molecule has 3 aromatic heterocycles. The molecule has 1 aliphatic rings. The third kappa shape index (κ3) is 3.60. The summed E-state index contributed by atoms with van der Waals surface area (Å²) in [6.45, 7) is 0.935. The Kier molecular flexibility index (Phi) is 5.10. The Labute approximate surface area is 190 Å². The number of imidazole rings is 1. The van der Waals surface area contributed by atoms with Gasteiger partial charge in [-0.05, 0) is 46.3 Å². The minimum absolute atomic E-state index is 0.0277. The summed E-state index contributed by atoms with van der Waals surface area (Å²) < 4.78 is 12.5. The van der Waals surface area contributed by atoms with Crippen LogP contribution in [0.15, 0.2) is 57.8 Å². The summed E-state index contributed by atoms with van der Waals surface area (Å²) in [5.74, 6) is 0.529. The van der Waals surface area contributed by atoms with Gasteiger partial charge in [0, 0.05) is 29.3 Å². The number of carbonyl (C=O) groups is 2. The third-order valence-electron chi connectivity index (χ3n) is 5.23. The predicted molar refractivity (Wildman–Crippen MR) is 117 cm³/mol. The van der Waals surface area contributed by atoms with Crippen molar-refractivity contribution in [2.75, 3.05) is 25.5 Å². The summed E-state index contributed by atoms with van der Waals surface area (Å²) >= 11 is 3.47. The summed E-state index contributed by atoms with van der Waals surface area (Å²) in [7, 11) is 1.35. The van der Waals surface area contributed by atoms with E-state index in [0.29, 0.717) is 51.9 Å². The smallest absolute Gasteiger partial charge is 0.409 e. The van der Waals surface area contributed by atoms with Crippen LogP contribution in [-0.2, 0) is 4.74 Å². The Balaban J connectivity index is 1.34. The minimum Gasteiger partial charge on any atom is -0.453 e. The van der Waals surface area contributed by atoms with Gasteiger partial charge in [-0.2, -0.15) is 4.98 Å². The number of halogens is 1. The molecule has 0 atom stereocenters. The highest BCUT2D eigenvalue weighted by atomic mass is 79.9. The average molecular weight is 497 g/mol. The topological polar surface area (TPSA) is 115 Å². The highest BCUT2D eigenvalue weighted by molar-refractivity contribution is 9.10. The lowest BCUT2D eigenvalue weighted by Crippen LogP contribution is -2.48. The molecule has 1 saturated heterocycles. The maximum absolute atomic E-state index is 12.9. The number of hydrogen-bond donors (Lipinski definition) is 1. The van der Waals surface area contributed by atoms with Gasteiger partial charge in [0.25, 0.3) is 5.91 Å². The average Bonchev–Trinajstić information content (AvgIpc) is 3.41. The second-order valence-corrected chi connectivity index (χ2v) is 8.10. The van der Waals surface area contributed by atoms with E-state index in [9.17, 15) is 9.59 Å². The summed E-state index contributed by atoms with van der Waals surface area (Å²) in [6.07, 6.45) is 2.94. The molecule has 1 fully saturated rings. The molecule has 1 aliphatic heterocycles. The zero-order valence-corrected chi connectivity index (χ0v) is 18.4. The van der Waals surface area contributed by atoms with Crippen molar-refractivity contribution in [1.29, 1.82) is 0 Å². The zero-order chi connectivity index (χ0) is 22.2. The largest absolute Gasteiger partial charge is 0.453 e. The lowest BCUT2D eigenvalue weighted by Gasteiger charge is -2.35. The molecule has 2 amide bonds. The van der Waals surface area contributed by atoms with Gasteiger partial charge >= 0.3 is 6.09 Å². The Morgan fingerprint density at radius 1 is 1.25 bits per heavy atom. The number of benzene rings is 1. The predicted octanol–water partition coefficient (Wildman–Crippen LogP) is 3.56. The van der Waals surface area contributed by atoms with Gasteiger partial charge in [0.1, 0.15) is 11.3 Å². The standard InChI is InChI=1S/C21H17BrN6O4/c1-31-21(30)27-10-13(11-27)20-25-18(26-32-20)12-5-6-14(22)15(8-12)24-19(29)16-9-23-17-4-2-3-7-28(16)17/h2-9,13H,10-11H2,1H3,(H,24,29). The van der Waals surface area contributed by atoms with Gasteiger partial charge in [-0.1, -0.05) is 11.2 Å². The van der Waals surface area contributed by atoms with Crippen LogP contribution in [0, 0.1) is 0 Å². The van der Waals surface area contributed by atoms with Crippen molar-refractivity contribution in [3.63, 3.8) is 0 Å². The van der Waals surface area contributed by atoms with Gasteiger partial charge in [-0.15, -0.1) is 0 Å². The number of fused-ring (bicyclic) bond motifs is 1. The van der Waals surface area contributed by atoms with Gasteiger partial charge in [0.15, 0.2) is 0 Å². The van der Waals surface area contributed by atoms with Crippen LogP contribution in [0.1, 0.15) is 22.3 Å². The molecule has 4 aromatic rings. The van der Waals surface area contributed by atoms with Crippen LogP contribution in [0.2, 0.25) is 0 Å². The molecule has 4 heterocycles. The van der Waals surface area contributed by atoms with Crippen molar-refractivity contribution in [1.82, 2.24) is 24.4 Å². The number of ether oxygens (including phenoxy) is 1. The van der Waals surface area contributed by atoms with E-state index in [1.807, 2.05) is 24.3 Å². The number of hydrogen-bond acceptors (Lipinski definition) is 7. The highest BCUT2D eigenvalue weighted by Gasteiger charge is 2.36. The fraction of sp³-hybridized carbons (Fsp3) is 0.190. The van der Waals surface area contributed by atoms with Crippen molar-refractivity contribution >= 4 is 39.3 Å².